The predicted octanol–water partition coefficient (Wildman–Crippen LogP) is 1.65. The Morgan fingerprint density at radius 1 is 1.65 bits per heavy atom. The van der Waals surface area contributed by atoms with Crippen LogP contribution in [0, 0.1) is 5.92 Å². The molecule has 0 saturated carbocycles. The fraction of sp³-hybridized carbons (Fsp3) is 0.750. The van der Waals surface area contributed by atoms with Gasteiger partial charge in [0.1, 0.15) is 0 Å². The van der Waals surface area contributed by atoms with Gasteiger partial charge in [-0.15, -0.1) is 0 Å². The molecule has 1 fully saturated rings. The fourth-order valence-corrected chi connectivity index (χ4v) is 3.10. The van der Waals surface area contributed by atoms with Gasteiger partial charge in [0.05, 0.1) is 22.5 Å². The molecule has 2 N–H and O–H groups in total. The summed E-state index contributed by atoms with van der Waals surface area (Å²) in [4.78, 5) is 0. The quantitative estimate of drug-likeness (QED) is 0.920. The SMILES string of the molecule is CCc1nn(C)c(CC(N)C2CCOC2)c1Br. The van der Waals surface area contributed by atoms with Crippen molar-refractivity contribution in [1.29, 1.82) is 0 Å². The van der Waals surface area contributed by atoms with E-state index in [9.17, 15) is 0 Å². The van der Waals surface area contributed by atoms with E-state index in [2.05, 4.69) is 28.0 Å². The van der Waals surface area contributed by atoms with Crippen molar-refractivity contribution in [3.05, 3.63) is 15.9 Å². The van der Waals surface area contributed by atoms with Crippen LogP contribution in [0.3, 0.4) is 0 Å². The van der Waals surface area contributed by atoms with Crippen molar-refractivity contribution in [3.8, 4) is 0 Å². The summed E-state index contributed by atoms with van der Waals surface area (Å²) in [5.41, 5.74) is 8.56. The van der Waals surface area contributed by atoms with Gasteiger partial charge in [-0.2, -0.15) is 5.10 Å². The van der Waals surface area contributed by atoms with Gasteiger partial charge in [0.15, 0.2) is 0 Å². The summed E-state index contributed by atoms with van der Waals surface area (Å²) >= 11 is 3.63. The van der Waals surface area contributed by atoms with Gasteiger partial charge in [-0.1, -0.05) is 6.92 Å². The van der Waals surface area contributed by atoms with Crippen LogP contribution >= 0.6 is 15.9 Å². The molecule has 2 unspecified atom stereocenters. The molecule has 1 aromatic rings. The zero-order valence-electron chi connectivity index (χ0n) is 10.4. The summed E-state index contributed by atoms with van der Waals surface area (Å²) in [6, 6.07) is 0.161. The molecule has 0 aliphatic carbocycles. The second-order valence-electron chi connectivity index (χ2n) is 4.68. The standard InChI is InChI=1S/C12H20BrN3O/c1-3-10-12(13)11(16(2)15-10)6-9(14)8-4-5-17-7-8/h8-9H,3-7,14H2,1-2H3. The summed E-state index contributed by atoms with van der Waals surface area (Å²) in [5, 5.41) is 4.49. The molecular weight excluding hydrogens is 282 g/mol. The second-order valence-corrected chi connectivity index (χ2v) is 5.47. The average molecular weight is 302 g/mol. The molecule has 1 saturated heterocycles. The van der Waals surface area contributed by atoms with Crippen LogP contribution in [0.15, 0.2) is 4.47 Å². The highest BCUT2D eigenvalue weighted by Gasteiger charge is 2.25. The van der Waals surface area contributed by atoms with Gasteiger partial charge in [0.2, 0.25) is 0 Å². The number of aryl methyl sites for hydroxylation is 2. The van der Waals surface area contributed by atoms with Gasteiger partial charge in [0, 0.05) is 26.1 Å². The Hall–Kier alpha value is -0.390. The second kappa shape index (κ2) is 5.50. The first kappa shape index (κ1) is 13.1. The van der Waals surface area contributed by atoms with Crippen LogP contribution in [-0.2, 0) is 24.6 Å². The Balaban J connectivity index is 2.09. The summed E-state index contributed by atoms with van der Waals surface area (Å²) < 4.78 is 8.45. The Kier molecular flexibility index (Phi) is 4.22. The smallest absolute Gasteiger partial charge is 0.0766 e. The summed E-state index contributed by atoms with van der Waals surface area (Å²) in [6.07, 6.45) is 2.88. The number of hydrogen-bond donors (Lipinski definition) is 1. The van der Waals surface area contributed by atoms with E-state index in [1.807, 2.05) is 11.7 Å². The molecule has 0 aromatic carbocycles. The molecule has 0 radical (unpaired) electrons. The first-order valence-corrected chi connectivity index (χ1v) is 6.96. The fourth-order valence-electron chi connectivity index (χ4n) is 2.32. The molecule has 1 aliphatic rings. The van der Waals surface area contributed by atoms with Crippen LogP contribution in [0.25, 0.3) is 0 Å². The molecule has 5 heteroatoms. The number of nitrogens with zero attached hydrogens (tertiary/aromatic N) is 2. The highest BCUT2D eigenvalue weighted by Crippen LogP contribution is 2.25. The minimum Gasteiger partial charge on any atom is -0.381 e. The van der Waals surface area contributed by atoms with E-state index in [1.54, 1.807) is 0 Å². The molecule has 2 rings (SSSR count). The lowest BCUT2D eigenvalue weighted by atomic mass is 9.96. The number of halogens is 1. The first-order chi connectivity index (χ1) is 8.13. The third kappa shape index (κ3) is 2.72. The maximum absolute atomic E-state index is 6.26. The molecule has 4 nitrogen and oxygen atoms in total. The molecule has 17 heavy (non-hydrogen) atoms. The molecular formula is C12H20BrN3O. The monoisotopic (exact) mass is 301 g/mol. The average Bonchev–Trinajstić information content (AvgIpc) is 2.92. The van der Waals surface area contributed by atoms with E-state index in [1.165, 1.54) is 5.69 Å². The number of nitrogens with two attached hydrogens (primary N) is 1. The predicted molar refractivity (Wildman–Crippen MR) is 70.9 cm³/mol. The number of aromatic nitrogens is 2. The van der Waals surface area contributed by atoms with Gasteiger partial charge in [-0.3, -0.25) is 4.68 Å². The van der Waals surface area contributed by atoms with Crippen LogP contribution in [-0.4, -0.2) is 29.0 Å². The third-order valence-electron chi connectivity index (χ3n) is 3.50. The van der Waals surface area contributed by atoms with E-state index in [0.29, 0.717) is 5.92 Å². The first-order valence-electron chi connectivity index (χ1n) is 6.17. The van der Waals surface area contributed by atoms with Gasteiger partial charge in [0.25, 0.3) is 0 Å². The van der Waals surface area contributed by atoms with Crippen molar-refractivity contribution in [2.45, 2.75) is 32.2 Å². The van der Waals surface area contributed by atoms with Crippen molar-refractivity contribution >= 4 is 15.9 Å². The van der Waals surface area contributed by atoms with Crippen LogP contribution in [0.2, 0.25) is 0 Å². The third-order valence-corrected chi connectivity index (χ3v) is 4.42. The van der Waals surface area contributed by atoms with Crippen LogP contribution < -0.4 is 5.73 Å². The topological polar surface area (TPSA) is 53.1 Å². The van der Waals surface area contributed by atoms with Crippen LogP contribution in [0.5, 0.6) is 0 Å². The van der Waals surface area contributed by atoms with E-state index in [0.717, 1.165) is 42.6 Å². The molecule has 2 heterocycles. The summed E-state index contributed by atoms with van der Waals surface area (Å²) in [7, 11) is 1.98. The minimum atomic E-state index is 0.161. The number of ether oxygens (including phenoxy) is 1. The van der Waals surface area contributed by atoms with E-state index < -0.39 is 0 Å². The Morgan fingerprint density at radius 2 is 2.41 bits per heavy atom. The molecule has 0 bridgehead atoms. The Bertz CT molecular complexity index is 385. The van der Waals surface area contributed by atoms with Crippen molar-refractivity contribution in [1.82, 2.24) is 9.78 Å². The lowest BCUT2D eigenvalue weighted by Gasteiger charge is -2.17. The van der Waals surface area contributed by atoms with E-state index in [4.69, 9.17) is 10.5 Å². The highest BCUT2D eigenvalue weighted by atomic mass is 79.9. The minimum absolute atomic E-state index is 0.161. The lowest BCUT2D eigenvalue weighted by Crippen LogP contribution is -2.33. The largest absolute Gasteiger partial charge is 0.381 e. The van der Waals surface area contributed by atoms with Crippen LogP contribution in [0.4, 0.5) is 0 Å². The van der Waals surface area contributed by atoms with Crippen molar-refractivity contribution in [3.63, 3.8) is 0 Å². The molecule has 1 aliphatic heterocycles. The zero-order valence-corrected chi connectivity index (χ0v) is 12.0. The Morgan fingerprint density at radius 3 is 2.94 bits per heavy atom. The van der Waals surface area contributed by atoms with E-state index in [-0.39, 0.29) is 6.04 Å². The van der Waals surface area contributed by atoms with E-state index >= 15 is 0 Å². The van der Waals surface area contributed by atoms with Gasteiger partial charge in [-0.25, -0.2) is 0 Å². The zero-order chi connectivity index (χ0) is 12.4. The summed E-state index contributed by atoms with van der Waals surface area (Å²) in [6.45, 7) is 3.77. The summed E-state index contributed by atoms with van der Waals surface area (Å²) in [5.74, 6) is 0.488. The molecule has 96 valence electrons. The molecule has 2 atom stereocenters. The number of hydrogen-bond acceptors (Lipinski definition) is 3. The maximum Gasteiger partial charge on any atom is 0.0766 e. The van der Waals surface area contributed by atoms with Crippen LogP contribution in [0.1, 0.15) is 24.7 Å². The van der Waals surface area contributed by atoms with Gasteiger partial charge < -0.3 is 10.5 Å². The van der Waals surface area contributed by atoms with Gasteiger partial charge >= 0.3 is 0 Å². The molecule has 0 spiro atoms. The lowest BCUT2D eigenvalue weighted by molar-refractivity contribution is 0.180. The highest BCUT2D eigenvalue weighted by molar-refractivity contribution is 9.10. The van der Waals surface area contributed by atoms with Crippen molar-refractivity contribution in [2.24, 2.45) is 18.7 Å². The van der Waals surface area contributed by atoms with Crippen molar-refractivity contribution in [2.75, 3.05) is 13.2 Å². The van der Waals surface area contributed by atoms with Crippen molar-refractivity contribution < 1.29 is 4.74 Å². The molecule has 1 aromatic heterocycles. The van der Waals surface area contributed by atoms with Gasteiger partial charge in [-0.05, 0) is 34.7 Å². The molecule has 0 amide bonds. The maximum atomic E-state index is 6.26. The Labute approximate surface area is 111 Å². The number of rotatable bonds is 4. The normalized spacial score (nSPS) is 22.0.